The Kier molecular flexibility index (Phi) is 7.48. The molecule has 0 unspecified atom stereocenters. The average molecular weight is 468 g/mol. The molecule has 2 aromatic heterocycles. The molecule has 1 aliphatic heterocycles. The van der Waals surface area contributed by atoms with Crippen LogP contribution < -0.4 is 10.6 Å². The zero-order valence-electron chi connectivity index (χ0n) is 20.9. The number of carbonyl (C=O) groups excluding carboxylic acids is 2. The zero-order valence-corrected chi connectivity index (χ0v) is 20.9. The first-order chi connectivity index (χ1) is 16.3. The smallest absolute Gasteiger partial charge is 0.317 e. The van der Waals surface area contributed by atoms with E-state index in [9.17, 15) is 9.59 Å². The molecule has 9 nitrogen and oxygen atoms in total. The molecule has 3 amide bonds. The molecule has 0 spiro atoms. The van der Waals surface area contributed by atoms with Gasteiger partial charge in [0.1, 0.15) is 0 Å². The van der Waals surface area contributed by atoms with Gasteiger partial charge < -0.3 is 15.5 Å². The summed E-state index contributed by atoms with van der Waals surface area (Å²) in [5, 5.41) is 11.0. The van der Waals surface area contributed by atoms with Crippen molar-refractivity contribution in [2.24, 2.45) is 0 Å². The van der Waals surface area contributed by atoms with E-state index in [0.29, 0.717) is 25.1 Å². The van der Waals surface area contributed by atoms with Crippen molar-refractivity contribution in [1.29, 1.82) is 0 Å². The summed E-state index contributed by atoms with van der Waals surface area (Å²) in [5.41, 5.74) is 4.36. The van der Waals surface area contributed by atoms with E-state index < -0.39 is 0 Å². The van der Waals surface area contributed by atoms with E-state index in [4.69, 9.17) is 0 Å². The topological polar surface area (TPSA) is 105 Å². The first-order valence-electron chi connectivity index (χ1n) is 12.5. The van der Waals surface area contributed by atoms with Crippen molar-refractivity contribution in [1.82, 2.24) is 35.3 Å². The van der Waals surface area contributed by atoms with Crippen LogP contribution in [0.3, 0.4) is 0 Å². The molecular weight excluding hydrogens is 430 g/mol. The predicted molar refractivity (Wildman–Crippen MR) is 130 cm³/mol. The molecule has 34 heavy (non-hydrogen) atoms. The number of hydrogen-bond donors (Lipinski definition) is 2. The number of aryl methyl sites for hydroxylation is 3. The number of amides is 3. The van der Waals surface area contributed by atoms with Gasteiger partial charge in [-0.15, -0.1) is 0 Å². The fourth-order valence-electron chi connectivity index (χ4n) is 5.11. The Morgan fingerprint density at radius 3 is 2.18 bits per heavy atom. The summed E-state index contributed by atoms with van der Waals surface area (Å²) >= 11 is 0. The molecule has 4 rings (SSSR count). The van der Waals surface area contributed by atoms with Gasteiger partial charge in [-0.2, -0.15) is 5.10 Å². The Hall–Kier alpha value is -2.97. The lowest BCUT2D eigenvalue weighted by Crippen LogP contribution is -2.51. The van der Waals surface area contributed by atoms with Gasteiger partial charge in [-0.25, -0.2) is 19.4 Å². The monoisotopic (exact) mass is 467 g/mol. The number of likely N-dealkylation sites (tertiary alicyclic amines) is 1. The van der Waals surface area contributed by atoms with E-state index in [1.54, 1.807) is 4.68 Å². The van der Waals surface area contributed by atoms with Crippen LogP contribution in [0, 0.1) is 27.7 Å². The Morgan fingerprint density at radius 2 is 1.53 bits per heavy atom. The molecule has 3 heterocycles. The van der Waals surface area contributed by atoms with Gasteiger partial charge in [0.15, 0.2) is 0 Å². The summed E-state index contributed by atoms with van der Waals surface area (Å²) < 4.78 is 1.72. The van der Waals surface area contributed by atoms with Crippen LogP contribution in [-0.2, 0) is 11.2 Å². The van der Waals surface area contributed by atoms with E-state index in [1.807, 2.05) is 38.7 Å². The zero-order chi connectivity index (χ0) is 24.2. The van der Waals surface area contributed by atoms with E-state index in [0.717, 1.165) is 54.0 Å². The molecule has 9 heteroatoms. The summed E-state index contributed by atoms with van der Waals surface area (Å²) in [5.74, 6) is 0.515. The highest BCUT2D eigenvalue weighted by molar-refractivity contribution is 5.79. The van der Waals surface area contributed by atoms with Gasteiger partial charge in [0.05, 0.1) is 12.1 Å². The summed E-state index contributed by atoms with van der Waals surface area (Å²) in [6.45, 7) is 9.07. The summed E-state index contributed by atoms with van der Waals surface area (Å²) in [7, 11) is 0. The second kappa shape index (κ2) is 10.5. The standard InChI is InChI=1S/C25H37N7O2/c1-16-14-17(2)27-24(26-16)32-19(4)22(18(3)30-32)15-23(33)28-21-10-12-31(13-11-21)25(34)29-20-8-6-5-7-9-20/h14,20-21H,5-13,15H2,1-4H3,(H,28,33)(H,29,34). The van der Waals surface area contributed by atoms with E-state index in [1.165, 1.54) is 19.3 Å². The number of hydrogen-bond acceptors (Lipinski definition) is 5. The molecule has 2 fully saturated rings. The maximum Gasteiger partial charge on any atom is 0.317 e. The third-order valence-electron chi connectivity index (χ3n) is 7.02. The van der Waals surface area contributed by atoms with Gasteiger partial charge in [-0.05, 0) is 59.4 Å². The third-order valence-corrected chi connectivity index (χ3v) is 7.02. The minimum atomic E-state index is -0.0165. The van der Waals surface area contributed by atoms with Crippen LogP contribution in [0.1, 0.15) is 73.3 Å². The molecule has 0 radical (unpaired) electrons. The Morgan fingerprint density at radius 1 is 0.912 bits per heavy atom. The third kappa shape index (κ3) is 5.74. The SMILES string of the molecule is Cc1cc(C)nc(-n2nc(C)c(CC(=O)NC3CCN(C(=O)NC4CCCCC4)CC3)c2C)n1. The molecule has 0 atom stereocenters. The van der Waals surface area contributed by atoms with Crippen LogP contribution >= 0.6 is 0 Å². The van der Waals surface area contributed by atoms with Crippen molar-refractivity contribution >= 4 is 11.9 Å². The number of nitrogens with one attached hydrogen (secondary N) is 2. The van der Waals surface area contributed by atoms with Gasteiger partial charge >= 0.3 is 6.03 Å². The maximum atomic E-state index is 12.8. The highest BCUT2D eigenvalue weighted by atomic mass is 16.2. The highest BCUT2D eigenvalue weighted by Crippen LogP contribution is 2.20. The highest BCUT2D eigenvalue weighted by Gasteiger charge is 2.26. The van der Waals surface area contributed by atoms with Gasteiger partial charge in [-0.3, -0.25) is 4.79 Å². The molecule has 1 saturated carbocycles. The first-order valence-corrected chi connectivity index (χ1v) is 12.5. The number of rotatable bonds is 5. The normalized spacial score (nSPS) is 17.6. The molecular formula is C25H37N7O2. The molecule has 0 aromatic carbocycles. The predicted octanol–water partition coefficient (Wildman–Crippen LogP) is 3.06. The molecule has 1 saturated heterocycles. The van der Waals surface area contributed by atoms with Crippen molar-refractivity contribution < 1.29 is 9.59 Å². The van der Waals surface area contributed by atoms with E-state index in [2.05, 4.69) is 25.7 Å². The first kappa shape index (κ1) is 24.2. The van der Waals surface area contributed by atoms with Crippen molar-refractivity contribution in [3.05, 3.63) is 34.4 Å². The van der Waals surface area contributed by atoms with Crippen molar-refractivity contribution in [3.8, 4) is 5.95 Å². The Balaban J connectivity index is 1.30. The Bertz CT molecular complexity index is 1010. The summed E-state index contributed by atoms with van der Waals surface area (Å²) in [6, 6.07) is 2.38. The van der Waals surface area contributed by atoms with Crippen LogP contribution in [0.25, 0.3) is 5.95 Å². The van der Waals surface area contributed by atoms with Crippen molar-refractivity contribution in [2.75, 3.05) is 13.1 Å². The lowest BCUT2D eigenvalue weighted by molar-refractivity contribution is -0.121. The second-order valence-corrected chi connectivity index (χ2v) is 9.80. The molecule has 2 aromatic rings. The fourth-order valence-corrected chi connectivity index (χ4v) is 5.11. The lowest BCUT2D eigenvalue weighted by Gasteiger charge is -2.34. The number of nitrogens with zero attached hydrogens (tertiary/aromatic N) is 5. The molecule has 1 aliphatic carbocycles. The number of piperidine rings is 1. The largest absolute Gasteiger partial charge is 0.353 e. The van der Waals surface area contributed by atoms with Crippen LogP contribution in [0.2, 0.25) is 0 Å². The number of urea groups is 1. The van der Waals surface area contributed by atoms with E-state index in [-0.39, 0.29) is 24.4 Å². The van der Waals surface area contributed by atoms with Crippen molar-refractivity contribution in [3.63, 3.8) is 0 Å². The average Bonchev–Trinajstić information content (AvgIpc) is 3.08. The summed E-state index contributed by atoms with van der Waals surface area (Å²) in [4.78, 5) is 36.3. The minimum Gasteiger partial charge on any atom is -0.353 e. The number of aromatic nitrogens is 4. The lowest BCUT2D eigenvalue weighted by atomic mass is 9.95. The van der Waals surface area contributed by atoms with Crippen molar-refractivity contribution in [2.45, 2.75) is 91.1 Å². The summed E-state index contributed by atoms with van der Waals surface area (Å²) in [6.07, 6.45) is 7.67. The van der Waals surface area contributed by atoms with Gasteiger partial charge in [0, 0.05) is 47.8 Å². The van der Waals surface area contributed by atoms with Crippen LogP contribution in [0.5, 0.6) is 0 Å². The van der Waals surface area contributed by atoms with Gasteiger partial charge in [0.25, 0.3) is 5.95 Å². The van der Waals surface area contributed by atoms with Crippen LogP contribution in [0.4, 0.5) is 4.79 Å². The van der Waals surface area contributed by atoms with Gasteiger partial charge in [0.2, 0.25) is 5.91 Å². The minimum absolute atomic E-state index is 0.0165. The van der Waals surface area contributed by atoms with E-state index >= 15 is 0 Å². The Labute approximate surface area is 201 Å². The number of carbonyl (C=O) groups is 2. The molecule has 184 valence electrons. The quantitative estimate of drug-likeness (QED) is 0.703. The molecule has 2 aliphatic rings. The fraction of sp³-hybridized carbons (Fsp3) is 0.640. The van der Waals surface area contributed by atoms with Gasteiger partial charge in [-0.1, -0.05) is 19.3 Å². The molecule has 2 N–H and O–H groups in total. The van der Waals surface area contributed by atoms with Crippen LogP contribution in [0.15, 0.2) is 6.07 Å². The molecule has 0 bridgehead atoms. The second-order valence-electron chi connectivity index (χ2n) is 9.80. The van der Waals surface area contributed by atoms with Crippen LogP contribution in [-0.4, -0.2) is 61.8 Å². The maximum absolute atomic E-state index is 12.8.